The van der Waals surface area contributed by atoms with Gasteiger partial charge in [0.15, 0.2) is 6.10 Å². The number of ether oxygens (including phenoxy) is 2. The number of hydrogen-bond acceptors (Lipinski definition) is 12. The van der Waals surface area contributed by atoms with E-state index in [9.17, 15) is 49.3 Å². The van der Waals surface area contributed by atoms with Gasteiger partial charge in [-0.1, -0.05) is 31.2 Å². The number of aliphatic carboxylic acids is 1. The Morgan fingerprint density at radius 3 is 2.40 bits per heavy atom. The second-order valence-electron chi connectivity index (χ2n) is 13.6. The van der Waals surface area contributed by atoms with Crippen molar-refractivity contribution in [3.8, 4) is 5.75 Å². The number of aryl methyl sites for hydroxylation is 1. The Morgan fingerprint density at radius 2 is 1.74 bits per heavy atom. The number of hydrogen-bond donors (Lipinski definition) is 5. The predicted octanol–water partition coefficient (Wildman–Crippen LogP) is 2.35. The lowest BCUT2D eigenvalue weighted by Gasteiger charge is -2.51. The van der Waals surface area contributed by atoms with Crippen molar-refractivity contribution < 1.29 is 53.9 Å². The summed E-state index contributed by atoms with van der Waals surface area (Å²) in [7, 11) is 0.960. The van der Waals surface area contributed by atoms with E-state index in [-0.39, 0.29) is 29.0 Å². The normalized spacial score (nSPS) is 26.7. The fourth-order valence-electron chi connectivity index (χ4n) is 8.41. The van der Waals surface area contributed by atoms with E-state index in [0.717, 1.165) is 31.9 Å². The highest BCUT2D eigenvalue weighted by molar-refractivity contribution is 5.91. The van der Waals surface area contributed by atoms with Gasteiger partial charge in [-0.2, -0.15) is 5.01 Å². The Balaban J connectivity index is 1.25. The predicted molar refractivity (Wildman–Crippen MR) is 173 cm³/mol. The third-order valence-corrected chi connectivity index (χ3v) is 11.0. The molecule has 10 atom stereocenters. The molecule has 0 radical (unpaired) electrons. The fourth-order valence-corrected chi connectivity index (χ4v) is 8.41. The topological polar surface area (TPSA) is 229 Å². The molecule has 3 aliphatic carbocycles. The molecule has 5 N–H and O–H groups in total. The maximum atomic E-state index is 13.0. The number of aliphatic hydroxyl groups excluding tert-OH is 3. The first-order chi connectivity index (χ1) is 23.8. The molecule has 0 heterocycles. The number of amides is 2. The van der Waals surface area contributed by atoms with Crippen molar-refractivity contribution in [2.45, 2.75) is 81.8 Å². The third kappa shape index (κ3) is 7.11. The van der Waals surface area contributed by atoms with Crippen LogP contribution in [0.25, 0.3) is 0 Å². The highest BCUT2D eigenvalue weighted by Crippen LogP contribution is 2.64. The van der Waals surface area contributed by atoms with E-state index in [0.29, 0.717) is 30.6 Å². The van der Waals surface area contributed by atoms with Gasteiger partial charge in [0.05, 0.1) is 10.8 Å². The molecule has 2 saturated carbocycles. The molecule has 0 saturated heterocycles. The number of carboxylic acid groups (broad SMARTS) is 1. The molecular weight excluding hydrogens is 654 g/mol. The molecule has 0 aromatic heterocycles. The zero-order valence-electron chi connectivity index (χ0n) is 27.6. The number of esters is 2. The quantitative estimate of drug-likeness (QED) is 0.0709. The number of benzene rings is 2. The first-order valence-electron chi connectivity index (χ1n) is 16.5. The van der Waals surface area contributed by atoms with Crippen LogP contribution < -0.4 is 10.1 Å². The van der Waals surface area contributed by atoms with Gasteiger partial charge in [0.25, 0.3) is 0 Å². The standard InChI is InChI=1S/C35H41N3O12/c1-35-15-14-22-21-11-9-20(49-32(45)18-6-4-3-5-7-18)16-19(21)8-10-23(22)24(35)12-13-25(35)30(31(43)44)50-33(46)29(42)28(41)27(40)26(17-39)36-34(47)38(2)37-48/h3-7,9,11,16-17,22-30,40-42H,8,10,12-15H2,1-2H3,(H,36,47)(H,43,44)/t22-,23-,24+,25-,26+,27-,28+,29+,30?,35+/m1/s1. The monoisotopic (exact) mass is 695 g/mol. The minimum Gasteiger partial charge on any atom is -0.478 e. The number of carbonyl (C=O) groups excluding carboxylic acids is 4. The van der Waals surface area contributed by atoms with Gasteiger partial charge in [0, 0.05) is 13.0 Å². The number of nitrogens with one attached hydrogen (secondary N) is 1. The van der Waals surface area contributed by atoms with Crippen LogP contribution in [0, 0.1) is 28.1 Å². The Labute approximate surface area is 287 Å². The number of rotatable bonds is 12. The highest BCUT2D eigenvalue weighted by Gasteiger charge is 2.58. The van der Waals surface area contributed by atoms with Gasteiger partial charge in [-0.3, -0.25) is 0 Å². The van der Waals surface area contributed by atoms with Crippen molar-refractivity contribution in [3.63, 3.8) is 0 Å². The minimum atomic E-state index is -2.47. The van der Waals surface area contributed by atoms with Gasteiger partial charge in [-0.15, -0.1) is 4.91 Å². The second-order valence-corrected chi connectivity index (χ2v) is 13.6. The first-order valence-corrected chi connectivity index (χ1v) is 16.5. The zero-order chi connectivity index (χ0) is 36.3. The van der Waals surface area contributed by atoms with Crippen LogP contribution in [0.1, 0.15) is 66.4 Å². The van der Waals surface area contributed by atoms with Crippen molar-refractivity contribution in [2.24, 2.45) is 28.5 Å². The molecule has 15 heteroatoms. The van der Waals surface area contributed by atoms with E-state index in [1.54, 1.807) is 30.3 Å². The average molecular weight is 696 g/mol. The molecule has 50 heavy (non-hydrogen) atoms. The van der Waals surface area contributed by atoms with Gasteiger partial charge in [0.2, 0.25) is 6.10 Å². The maximum absolute atomic E-state index is 13.0. The maximum Gasteiger partial charge on any atom is 0.345 e. The van der Waals surface area contributed by atoms with E-state index < -0.39 is 65.7 Å². The number of aliphatic hydroxyl groups is 3. The van der Waals surface area contributed by atoms with Crippen LogP contribution in [0.5, 0.6) is 5.75 Å². The van der Waals surface area contributed by atoms with E-state index in [1.165, 1.54) is 5.56 Å². The van der Waals surface area contributed by atoms with E-state index in [1.807, 2.05) is 30.4 Å². The zero-order valence-corrected chi connectivity index (χ0v) is 27.6. The Morgan fingerprint density at radius 1 is 1.02 bits per heavy atom. The molecule has 0 spiro atoms. The van der Waals surface area contributed by atoms with Crippen LogP contribution in [-0.2, 0) is 25.5 Å². The second kappa shape index (κ2) is 15.0. The van der Waals surface area contributed by atoms with Gasteiger partial charge < -0.3 is 40.0 Å². The van der Waals surface area contributed by atoms with E-state index in [4.69, 9.17) is 9.47 Å². The van der Waals surface area contributed by atoms with Crippen LogP contribution in [0.15, 0.2) is 53.8 Å². The molecule has 0 aliphatic heterocycles. The van der Waals surface area contributed by atoms with Crippen molar-refractivity contribution in [2.75, 3.05) is 7.05 Å². The number of nitroso groups, excluding NO2 is 1. The summed E-state index contributed by atoms with van der Waals surface area (Å²) >= 11 is 0. The highest BCUT2D eigenvalue weighted by atomic mass is 16.6. The summed E-state index contributed by atoms with van der Waals surface area (Å²) in [5, 5.41) is 46.1. The third-order valence-electron chi connectivity index (χ3n) is 11.0. The smallest absolute Gasteiger partial charge is 0.345 e. The van der Waals surface area contributed by atoms with Crippen LogP contribution in [-0.4, -0.2) is 93.2 Å². The van der Waals surface area contributed by atoms with Crippen molar-refractivity contribution in [3.05, 3.63) is 70.1 Å². The molecular formula is C35H41N3O12. The molecule has 5 rings (SSSR count). The van der Waals surface area contributed by atoms with E-state index in [2.05, 4.69) is 5.29 Å². The largest absolute Gasteiger partial charge is 0.478 e. The molecule has 3 aliphatic rings. The van der Waals surface area contributed by atoms with E-state index >= 15 is 0 Å². The summed E-state index contributed by atoms with van der Waals surface area (Å²) in [5.41, 5.74) is 2.22. The summed E-state index contributed by atoms with van der Waals surface area (Å²) in [5.74, 6) is -2.97. The first kappa shape index (κ1) is 36.5. The van der Waals surface area contributed by atoms with Crippen LogP contribution in [0.3, 0.4) is 0 Å². The molecule has 0 bridgehead atoms. The molecule has 1 unspecified atom stereocenters. The number of fused-ring (bicyclic) bond motifs is 5. The van der Waals surface area contributed by atoms with Crippen LogP contribution in [0.4, 0.5) is 4.79 Å². The average Bonchev–Trinajstić information content (AvgIpc) is 3.47. The Hall–Kier alpha value is -4.73. The van der Waals surface area contributed by atoms with Crippen LogP contribution in [0.2, 0.25) is 0 Å². The van der Waals surface area contributed by atoms with Gasteiger partial charge in [-0.05, 0) is 97.1 Å². The SMILES string of the molecule is CN(N=O)C(=O)N[C@@H](C=O)[C@@H](O)[C@H](O)[C@H](O)C(=O)OC(C(=O)O)[C@H]1CC[C@H]2[C@@H]3CCc4cc(OC(=O)c5ccccc5)ccc4[C@H]3CC[C@]12C. The Bertz CT molecular complexity index is 1620. The molecule has 15 nitrogen and oxygen atoms in total. The van der Waals surface area contributed by atoms with Gasteiger partial charge in [-0.25, -0.2) is 19.2 Å². The fraction of sp³-hybridized carbons (Fsp3) is 0.514. The lowest BCUT2D eigenvalue weighted by atomic mass is 9.53. The van der Waals surface area contributed by atoms with Crippen molar-refractivity contribution in [1.29, 1.82) is 0 Å². The number of nitrogens with zero attached hydrogens (tertiary/aromatic N) is 2. The minimum absolute atomic E-state index is 0.0156. The number of aldehydes is 1. The van der Waals surface area contributed by atoms with Crippen molar-refractivity contribution in [1.82, 2.24) is 10.3 Å². The summed E-state index contributed by atoms with van der Waals surface area (Å²) in [6.07, 6.45) is -4.60. The summed E-state index contributed by atoms with van der Waals surface area (Å²) in [4.78, 5) is 72.0. The van der Waals surface area contributed by atoms with Gasteiger partial charge in [0.1, 0.15) is 30.3 Å². The molecule has 2 amide bonds. The molecule has 2 aromatic carbocycles. The lowest BCUT2D eigenvalue weighted by molar-refractivity contribution is -0.185. The summed E-state index contributed by atoms with van der Waals surface area (Å²) in [6.45, 7) is 2.01. The number of carbonyl (C=O) groups is 5. The summed E-state index contributed by atoms with van der Waals surface area (Å²) in [6, 6.07) is 11.4. The van der Waals surface area contributed by atoms with Crippen LogP contribution >= 0.6 is 0 Å². The molecule has 2 aromatic rings. The molecule has 268 valence electrons. The Kier molecular flexibility index (Phi) is 11.0. The summed E-state index contributed by atoms with van der Waals surface area (Å²) < 4.78 is 11.0. The number of urea groups is 1. The van der Waals surface area contributed by atoms with Gasteiger partial charge >= 0.3 is 23.9 Å². The number of carboxylic acids is 1. The van der Waals surface area contributed by atoms with Crippen molar-refractivity contribution >= 4 is 30.2 Å². The molecule has 2 fully saturated rings. The lowest BCUT2D eigenvalue weighted by Crippen LogP contribution is -2.56.